The molecule has 0 N–H and O–H groups in total. The van der Waals surface area contributed by atoms with Gasteiger partial charge in [-0.3, -0.25) is 0 Å². The molecule has 0 amide bonds. The molecule has 232 valence electrons. The van der Waals surface area contributed by atoms with Gasteiger partial charge in [0.15, 0.2) is 0 Å². The highest BCUT2D eigenvalue weighted by molar-refractivity contribution is 6.13. The maximum absolute atomic E-state index is 6.58. The van der Waals surface area contributed by atoms with Crippen LogP contribution in [-0.2, 0) is 5.41 Å². The molecular formula is C46H37NO. The summed E-state index contributed by atoms with van der Waals surface area (Å²) in [7, 11) is 0. The molecule has 2 heteroatoms. The lowest BCUT2D eigenvalue weighted by atomic mass is 9.65. The number of benzene rings is 7. The van der Waals surface area contributed by atoms with E-state index in [4.69, 9.17) is 4.42 Å². The maximum atomic E-state index is 6.58. The maximum Gasteiger partial charge on any atom is 0.137 e. The van der Waals surface area contributed by atoms with Crippen molar-refractivity contribution in [3.8, 4) is 11.1 Å². The zero-order chi connectivity index (χ0) is 31.9. The number of nitrogens with zero attached hydrogens (tertiary/aromatic N) is 1. The van der Waals surface area contributed by atoms with E-state index in [1.54, 1.807) is 0 Å². The van der Waals surface area contributed by atoms with Gasteiger partial charge in [0.25, 0.3) is 0 Å². The van der Waals surface area contributed by atoms with Crippen LogP contribution in [0.4, 0.5) is 17.1 Å². The third kappa shape index (κ3) is 4.88. The Bertz CT molecular complexity index is 2360. The summed E-state index contributed by atoms with van der Waals surface area (Å²) in [4.78, 5) is 2.37. The lowest BCUT2D eigenvalue weighted by Gasteiger charge is -2.39. The average molecular weight is 620 g/mol. The number of rotatable bonds is 6. The number of hydrogen-bond donors (Lipinski definition) is 0. The first kappa shape index (κ1) is 28.6. The number of fused-ring (bicyclic) bond motifs is 4. The molecule has 1 fully saturated rings. The van der Waals surface area contributed by atoms with E-state index in [0.717, 1.165) is 39.0 Å². The second-order valence-corrected chi connectivity index (χ2v) is 13.2. The van der Waals surface area contributed by atoms with Gasteiger partial charge >= 0.3 is 0 Å². The molecule has 0 spiro atoms. The lowest BCUT2D eigenvalue weighted by molar-refractivity contribution is 0.346. The Morgan fingerprint density at radius 1 is 0.458 bits per heavy atom. The van der Waals surface area contributed by atoms with E-state index in [0.29, 0.717) is 0 Å². The molecule has 1 saturated carbocycles. The largest absolute Gasteiger partial charge is 0.456 e. The predicted octanol–water partition coefficient (Wildman–Crippen LogP) is 13.1. The topological polar surface area (TPSA) is 16.4 Å². The molecule has 9 rings (SSSR count). The van der Waals surface area contributed by atoms with Crippen molar-refractivity contribution < 1.29 is 4.42 Å². The van der Waals surface area contributed by atoms with Gasteiger partial charge in [0.05, 0.1) is 0 Å². The van der Waals surface area contributed by atoms with Gasteiger partial charge in [-0.1, -0.05) is 135 Å². The molecule has 8 aromatic rings. The van der Waals surface area contributed by atoms with Crippen LogP contribution >= 0.6 is 0 Å². The van der Waals surface area contributed by atoms with Gasteiger partial charge in [-0.25, -0.2) is 0 Å². The summed E-state index contributed by atoms with van der Waals surface area (Å²) in [6, 6.07) is 59.6. The van der Waals surface area contributed by atoms with Crippen molar-refractivity contribution in [1.82, 2.24) is 0 Å². The highest BCUT2D eigenvalue weighted by Crippen LogP contribution is 2.47. The summed E-state index contributed by atoms with van der Waals surface area (Å²) in [5.41, 5.74) is 10.4. The van der Waals surface area contributed by atoms with E-state index in [-0.39, 0.29) is 5.41 Å². The lowest BCUT2D eigenvalue weighted by Crippen LogP contribution is -2.30. The molecule has 2 nitrogen and oxygen atoms in total. The monoisotopic (exact) mass is 619 g/mol. The number of furan rings is 1. The summed E-state index contributed by atoms with van der Waals surface area (Å²) >= 11 is 0. The van der Waals surface area contributed by atoms with E-state index in [2.05, 4.69) is 169 Å². The Morgan fingerprint density at radius 2 is 1.10 bits per heavy atom. The second-order valence-electron chi connectivity index (χ2n) is 13.2. The highest BCUT2D eigenvalue weighted by Gasteiger charge is 2.35. The number of hydrogen-bond acceptors (Lipinski definition) is 2. The van der Waals surface area contributed by atoms with Crippen molar-refractivity contribution in [3.05, 3.63) is 175 Å². The molecule has 0 bridgehead atoms. The number of anilines is 3. The van der Waals surface area contributed by atoms with Crippen molar-refractivity contribution in [3.63, 3.8) is 0 Å². The predicted molar refractivity (Wildman–Crippen MR) is 202 cm³/mol. The van der Waals surface area contributed by atoms with Crippen LogP contribution in [0, 0.1) is 0 Å². The van der Waals surface area contributed by atoms with Crippen LogP contribution in [0.2, 0.25) is 0 Å². The van der Waals surface area contributed by atoms with Gasteiger partial charge in [-0.05, 0) is 88.3 Å². The molecule has 0 atom stereocenters. The fourth-order valence-electron chi connectivity index (χ4n) is 8.16. The minimum absolute atomic E-state index is 0.0649. The highest BCUT2D eigenvalue weighted by atomic mass is 16.3. The van der Waals surface area contributed by atoms with E-state index < -0.39 is 0 Å². The van der Waals surface area contributed by atoms with Gasteiger partial charge in [0, 0.05) is 39.3 Å². The molecule has 0 radical (unpaired) electrons. The Labute approximate surface area is 281 Å². The first-order chi connectivity index (χ1) is 23.8. The SMILES string of the molecule is c1ccc(-c2cccc3oc4cc(N(c5ccc(C6(c7ccccc7)CCCCC6)cc5)c5ccc6ccccc6c5)ccc4c23)cc1. The van der Waals surface area contributed by atoms with Crippen molar-refractivity contribution in [2.75, 3.05) is 4.90 Å². The molecule has 48 heavy (non-hydrogen) atoms. The molecule has 0 aliphatic heterocycles. The van der Waals surface area contributed by atoms with Crippen LogP contribution in [0.1, 0.15) is 43.2 Å². The first-order valence-corrected chi connectivity index (χ1v) is 17.2. The molecule has 7 aromatic carbocycles. The Morgan fingerprint density at radius 3 is 1.90 bits per heavy atom. The zero-order valence-corrected chi connectivity index (χ0v) is 27.0. The van der Waals surface area contributed by atoms with Gasteiger partial charge in [0.1, 0.15) is 11.2 Å². The zero-order valence-electron chi connectivity index (χ0n) is 27.0. The van der Waals surface area contributed by atoms with Gasteiger partial charge in [-0.15, -0.1) is 0 Å². The van der Waals surface area contributed by atoms with Crippen LogP contribution in [0.15, 0.2) is 168 Å². The third-order valence-corrected chi connectivity index (χ3v) is 10.5. The quantitative estimate of drug-likeness (QED) is 0.184. The minimum Gasteiger partial charge on any atom is -0.456 e. The van der Waals surface area contributed by atoms with Gasteiger partial charge in [0.2, 0.25) is 0 Å². The fraction of sp³-hybridized carbons (Fsp3) is 0.130. The van der Waals surface area contributed by atoms with E-state index in [9.17, 15) is 0 Å². The van der Waals surface area contributed by atoms with E-state index >= 15 is 0 Å². The Kier molecular flexibility index (Phi) is 7.08. The molecule has 1 aliphatic rings. The molecule has 0 unspecified atom stereocenters. The van der Waals surface area contributed by atoms with Crippen LogP contribution in [0.3, 0.4) is 0 Å². The van der Waals surface area contributed by atoms with Crippen molar-refractivity contribution >= 4 is 49.8 Å². The normalized spacial score (nSPS) is 14.4. The third-order valence-electron chi connectivity index (χ3n) is 10.5. The standard InChI is InChI=1S/C46H37NO/c1-4-14-34(15-5-1)41-19-12-20-43-45(41)42-28-27-40(32-44(42)48-43)47(39-24-21-33-13-8-9-16-35(33)31-39)38-25-22-37(23-26-38)46(29-10-3-11-30-46)36-17-6-2-7-18-36/h1-2,4-9,12-28,31-32H,3,10-11,29-30H2. The summed E-state index contributed by atoms with van der Waals surface area (Å²) < 4.78 is 6.58. The summed E-state index contributed by atoms with van der Waals surface area (Å²) in [6.07, 6.45) is 6.24. The fourth-order valence-corrected chi connectivity index (χ4v) is 8.16. The van der Waals surface area contributed by atoms with Crippen molar-refractivity contribution in [2.45, 2.75) is 37.5 Å². The van der Waals surface area contributed by atoms with E-state index in [1.165, 1.54) is 65.1 Å². The molecule has 1 heterocycles. The second kappa shape index (κ2) is 11.9. The molecular weight excluding hydrogens is 583 g/mol. The Hall–Kier alpha value is -5.60. The van der Waals surface area contributed by atoms with Crippen LogP contribution < -0.4 is 4.90 Å². The van der Waals surface area contributed by atoms with Gasteiger partial charge in [-0.2, -0.15) is 0 Å². The smallest absolute Gasteiger partial charge is 0.137 e. The van der Waals surface area contributed by atoms with Crippen molar-refractivity contribution in [2.24, 2.45) is 0 Å². The van der Waals surface area contributed by atoms with Crippen LogP contribution in [0.5, 0.6) is 0 Å². The van der Waals surface area contributed by atoms with E-state index in [1.807, 2.05) is 0 Å². The Balaban J connectivity index is 1.19. The summed E-state index contributed by atoms with van der Waals surface area (Å²) in [5, 5.41) is 4.74. The first-order valence-electron chi connectivity index (χ1n) is 17.2. The van der Waals surface area contributed by atoms with Crippen molar-refractivity contribution in [1.29, 1.82) is 0 Å². The van der Waals surface area contributed by atoms with Gasteiger partial charge < -0.3 is 9.32 Å². The van der Waals surface area contributed by atoms with Crippen LogP contribution in [-0.4, -0.2) is 0 Å². The molecule has 1 aromatic heterocycles. The summed E-state index contributed by atoms with van der Waals surface area (Å²) in [5.74, 6) is 0. The van der Waals surface area contributed by atoms with Crippen LogP contribution in [0.25, 0.3) is 43.8 Å². The molecule has 0 saturated heterocycles. The minimum atomic E-state index is 0.0649. The average Bonchev–Trinajstić information content (AvgIpc) is 3.54. The summed E-state index contributed by atoms with van der Waals surface area (Å²) in [6.45, 7) is 0. The molecule has 1 aliphatic carbocycles.